The molecule has 0 radical (unpaired) electrons. The van der Waals surface area contributed by atoms with Crippen LogP contribution in [0.4, 0.5) is 0 Å². The van der Waals surface area contributed by atoms with E-state index in [0.717, 1.165) is 0 Å². The molecule has 0 aliphatic carbocycles. The van der Waals surface area contributed by atoms with Gasteiger partial charge in [-0.05, 0) is 42.5 Å². The molecule has 0 aliphatic rings. The van der Waals surface area contributed by atoms with Gasteiger partial charge in [-0.1, -0.05) is 23.4 Å². The molecule has 3 aromatic carbocycles. The van der Waals surface area contributed by atoms with Crippen LogP contribution in [-0.2, 0) is 0 Å². The topological polar surface area (TPSA) is 97.8 Å². The van der Waals surface area contributed by atoms with E-state index in [1.54, 1.807) is 48.2 Å². The zero-order chi connectivity index (χ0) is 25.2. The molecule has 9 nitrogen and oxygen atoms in total. The van der Waals surface area contributed by atoms with E-state index in [9.17, 15) is 4.79 Å². The zero-order valence-electron chi connectivity index (χ0n) is 20.1. The van der Waals surface area contributed by atoms with E-state index in [2.05, 4.69) is 10.1 Å². The minimum Gasteiger partial charge on any atom is -0.497 e. The molecular weight excluding hydrogens is 462 g/mol. The maximum Gasteiger partial charge on any atom is 0.262 e. The van der Waals surface area contributed by atoms with Crippen LogP contribution in [0.15, 0.2) is 76.2 Å². The molecule has 0 fully saturated rings. The molecule has 0 atom stereocenters. The molecule has 0 spiro atoms. The fourth-order valence-electron chi connectivity index (χ4n) is 4.06. The average molecular weight is 485 g/mol. The number of hydrogen-bond donors (Lipinski definition) is 0. The predicted molar refractivity (Wildman–Crippen MR) is 134 cm³/mol. The molecule has 182 valence electrons. The van der Waals surface area contributed by atoms with Crippen molar-refractivity contribution in [2.45, 2.75) is 0 Å². The van der Waals surface area contributed by atoms with Crippen LogP contribution in [0.1, 0.15) is 0 Å². The van der Waals surface area contributed by atoms with Gasteiger partial charge in [-0.2, -0.15) is 4.98 Å². The van der Waals surface area contributed by atoms with Gasteiger partial charge < -0.3 is 23.5 Å². The highest BCUT2D eigenvalue weighted by atomic mass is 16.5. The van der Waals surface area contributed by atoms with Crippen molar-refractivity contribution in [2.24, 2.45) is 0 Å². The first-order chi connectivity index (χ1) is 17.6. The van der Waals surface area contributed by atoms with Gasteiger partial charge in [0.15, 0.2) is 11.5 Å². The van der Waals surface area contributed by atoms with Crippen molar-refractivity contribution in [2.75, 3.05) is 28.4 Å². The van der Waals surface area contributed by atoms with Crippen LogP contribution in [0.3, 0.4) is 0 Å². The van der Waals surface area contributed by atoms with Crippen LogP contribution in [0.5, 0.6) is 23.0 Å². The normalized spacial score (nSPS) is 10.9. The number of aromatic nitrogens is 3. The minimum atomic E-state index is -0.163. The van der Waals surface area contributed by atoms with Crippen LogP contribution in [0.25, 0.3) is 39.3 Å². The lowest BCUT2D eigenvalue weighted by atomic mass is 10.1. The van der Waals surface area contributed by atoms with Gasteiger partial charge in [0.2, 0.25) is 11.6 Å². The quantitative estimate of drug-likeness (QED) is 0.326. The third-order valence-electron chi connectivity index (χ3n) is 5.85. The molecule has 5 rings (SSSR count). The molecule has 9 heteroatoms. The number of ether oxygens (including phenoxy) is 4. The molecule has 0 saturated carbocycles. The largest absolute Gasteiger partial charge is 0.497 e. The van der Waals surface area contributed by atoms with E-state index in [4.69, 9.17) is 23.5 Å². The number of benzene rings is 3. The Labute approximate surface area is 206 Å². The molecule has 2 aromatic heterocycles. The van der Waals surface area contributed by atoms with Crippen LogP contribution >= 0.6 is 0 Å². The van der Waals surface area contributed by atoms with E-state index in [1.165, 1.54) is 21.3 Å². The summed E-state index contributed by atoms with van der Waals surface area (Å²) in [6.45, 7) is 0. The smallest absolute Gasteiger partial charge is 0.262 e. The first-order valence-corrected chi connectivity index (χ1v) is 11.0. The third-order valence-corrected chi connectivity index (χ3v) is 5.85. The molecule has 0 amide bonds. The van der Waals surface area contributed by atoms with Crippen molar-refractivity contribution in [3.63, 3.8) is 0 Å². The molecule has 0 aliphatic heterocycles. The Kier molecular flexibility index (Phi) is 6.03. The SMILES string of the molecule is COc1ccc(-n2cc(-c3nc(-c4cc(OC)c(OC)c(OC)c4)no3)c3ccccc3c2=O)cc1. The Morgan fingerprint density at radius 3 is 2.08 bits per heavy atom. The number of fused-ring (bicyclic) bond motifs is 1. The first-order valence-electron chi connectivity index (χ1n) is 11.0. The summed E-state index contributed by atoms with van der Waals surface area (Å²) in [5.41, 5.74) is 1.75. The molecule has 36 heavy (non-hydrogen) atoms. The van der Waals surface area contributed by atoms with Gasteiger partial charge in [-0.15, -0.1) is 0 Å². The fraction of sp³-hybridized carbons (Fsp3) is 0.148. The van der Waals surface area contributed by atoms with Crippen molar-refractivity contribution in [1.82, 2.24) is 14.7 Å². The fourth-order valence-corrected chi connectivity index (χ4v) is 4.06. The number of nitrogens with zero attached hydrogens (tertiary/aromatic N) is 3. The van der Waals surface area contributed by atoms with Crippen LogP contribution in [-0.4, -0.2) is 43.1 Å². The van der Waals surface area contributed by atoms with E-state index >= 15 is 0 Å². The van der Waals surface area contributed by atoms with Crippen molar-refractivity contribution < 1.29 is 23.5 Å². The highest BCUT2D eigenvalue weighted by molar-refractivity contribution is 5.94. The Morgan fingerprint density at radius 2 is 1.47 bits per heavy atom. The molecule has 5 aromatic rings. The summed E-state index contributed by atoms with van der Waals surface area (Å²) in [6, 6.07) is 18.0. The average Bonchev–Trinajstić information content (AvgIpc) is 3.43. The highest BCUT2D eigenvalue weighted by Gasteiger charge is 2.20. The van der Waals surface area contributed by atoms with E-state index in [0.29, 0.717) is 56.4 Å². The second-order valence-corrected chi connectivity index (χ2v) is 7.80. The van der Waals surface area contributed by atoms with E-state index in [1.807, 2.05) is 30.3 Å². The summed E-state index contributed by atoms with van der Waals surface area (Å²) in [5, 5.41) is 5.41. The summed E-state index contributed by atoms with van der Waals surface area (Å²) in [5.74, 6) is 2.69. The predicted octanol–water partition coefficient (Wildman–Crippen LogP) is 4.74. The molecular formula is C27H23N3O6. The maximum atomic E-state index is 13.3. The zero-order valence-corrected chi connectivity index (χ0v) is 20.1. The Morgan fingerprint density at radius 1 is 0.806 bits per heavy atom. The van der Waals surface area contributed by atoms with Crippen LogP contribution in [0.2, 0.25) is 0 Å². The lowest BCUT2D eigenvalue weighted by Crippen LogP contribution is -2.18. The third kappa shape index (κ3) is 3.90. The monoisotopic (exact) mass is 485 g/mol. The summed E-state index contributed by atoms with van der Waals surface area (Å²) < 4.78 is 28.8. The van der Waals surface area contributed by atoms with Gasteiger partial charge in [0, 0.05) is 28.2 Å². The van der Waals surface area contributed by atoms with Crippen molar-refractivity contribution in [3.8, 4) is 51.5 Å². The number of hydrogen-bond acceptors (Lipinski definition) is 8. The summed E-state index contributed by atoms with van der Waals surface area (Å²) >= 11 is 0. The summed E-state index contributed by atoms with van der Waals surface area (Å²) in [7, 11) is 6.21. The summed E-state index contributed by atoms with van der Waals surface area (Å²) in [6.07, 6.45) is 1.71. The Hall–Kier alpha value is -4.79. The molecule has 2 heterocycles. The molecule has 0 N–H and O–H groups in total. The second-order valence-electron chi connectivity index (χ2n) is 7.80. The van der Waals surface area contributed by atoms with Crippen molar-refractivity contribution in [1.29, 1.82) is 0 Å². The summed E-state index contributed by atoms with van der Waals surface area (Å²) in [4.78, 5) is 18.0. The Balaban J connectivity index is 1.66. The van der Waals surface area contributed by atoms with Crippen LogP contribution < -0.4 is 24.5 Å². The van der Waals surface area contributed by atoms with Crippen molar-refractivity contribution >= 4 is 10.8 Å². The molecule has 0 bridgehead atoms. The van der Waals surface area contributed by atoms with Gasteiger partial charge in [0.1, 0.15) is 5.75 Å². The minimum absolute atomic E-state index is 0.163. The number of pyridine rings is 1. The second kappa shape index (κ2) is 9.46. The number of methoxy groups -OCH3 is 4. The standard InChI is InChI=1S/C27H23N3O6/c1-32-18-11-9-17(10-12-18)30-15-21(19-7-5-6-8-20(19)27(30)31)26-28-25(29-36-26)16-13-22(33-2)24(35-4)23(14-16)34-3/h5-15H,1-4H3. The lowest BCUT2D eigenvalue weighted by Gasteiger charge is -2.12. The number of rotatable bonds is 7. The van der Waals surface area contributed by atoms with Gasteiger partial charge >= 0.3 is 0 Å². The van der Waals surface area contributed by atoms with Crippen molar-refractivity contribution in [3.05, 3.63) is 77.2 Å². The lowest BCUT2D eigenvalue weighted by molar-refractivity contribution is 0.324. The van der Waals surface area contributed by atoms with Gasteiger partial charge in [0.05, 0.1) is 34.0 Å². The van der Waals surface area contributed by atoms with E-state index in [-0.39, 0.29) is 11.4 Å². The van der Waals surface area contributed by atoms with Crippen LogP contribution in [0, 0.1) is 0 Å². The van der Waals surface area contributed by atoms with Gasteiger partial charge in [-0.3, -0.25) is 9.36 Å². The van der Waals surface area contributed by atoms with Gasteiger partial charge in [0.25, 0.3) is 11.4 Å². The molecule has 0 unspecified atom stereocenters. The van der Waals surface area contributed by atoms with Gasteiger partial charge in [-0.25, -0.2) is 0 Å². The highest BCUT2D eigenvalue weighted by Crippen LogP contribution is 2.41. The Bertz CT molecular complexity index is 1580. The van der Waals surface area contributed by atoms with E-state index < -0.39 is 0 Å². The first kappa shape index (κ1) is 23.0. The maximum absolute atomic E-state index is 13.3. The molecule has 0 saturated heterocycles.